The molecule has 2 N–H and O–H groups in total. The fourth-order valence-corrected chi connectivity index (χ4v) is 3.91. The van der Waals surface area contributed by atoms with E-state index in [1.807, 2.05) is 42.5 Å². The summed E-state index contributed by atoms with van der Waals surface area (Å²) in [5.41, 5.74) is 7.21. The predicted molar refractivity (Wildman–Crippen MR) is 119 cm³/mol. The number of fused-ring (bicyclic) bond motifs is 1. The minimum Gasteiger partial charge on any atom is -0.368 e. The first-order chi connectivity index (χ1) is 14.7. The Bertz CT molecular complexity index is 1200. The van der Waals surface area contributed by atoms with E-state index in [4.69, 9.17) is 9.72 Å². The topological polar surface area (TPSA) is 67.0 Å². The van der Waals surface area contributed by atoms with Gasteiger partial charge in [-0.1, -0.05) is 42.5 Å². The molecule has 2 heterocycles. The summed E-state index contributed by atoms with van der Waals surface area (Å²) in [7, 11) is 0. The Kier molecular flexibility index (Phi) is 4.81. The summed E-state index contributed by atoms with van der Waals surface area (Å²) in [6, 6.07) is 22.4. The summed E-state index contributed by atoms with van der Waals surface area (Å²) in [5.74, 6) is 0.795. The lowest BCUT2D eigenvalue weighted by atomic mass is 10.0. The molecule has 0 radical (unpaired) electrons. The second-order valence-electron chi connectivity index (χ2n) is 7.71. The number of aromatic nitrogens is 2. The number of ether oxygens (including phenoxy) is 1. The zero-order valence-electron chi connectivity index (χ0n) is 16.8. The molecular weight excluding hydrogens is 374 g/mol. The highest BCUT2D eigenvalue weighted by Gasteiger charge is 2.23. The van der Waals surface area contributed by atoms with Crippen LogP contribution in [-0.4, -0.2) is 28.6 Å². The van der Waals surface area contributed by atoms with Crippen molar-refractivity contribution in [3.8, 4) is 22.5 Å². The van der Waals surface area contributed by atoms with Crippen molar-refractivity contribution in [3.05, 3.63) is 72.3 Å². The number of H-pyrrole nitrogens is 1. The SMILES string of the molecule is Cc1cccc2[nH]c(-c3cccc(-c4ccc(NC(=O)C5CCCO5)cc4)c3)nc12. The van der Waals surface area contributed by atoms with Gasteiger partial charge in [-0.2, -0.15) is 0 Å². The number of carbonyl (C=O) groups excluding carboxylic acids is 1. The Morgan fingerprint density at radius 1 is 1.03 bits per heavy atom. The van der Waals surface area contributed by atoms with Crippen molar-refractivity contribution in [3.63, 3.8) is 0 Å². The normalized spacial score (nSPS) is 16.1. The largest absolute Gasteiger partial charge is 0.368 e. The molecule has 1 saturated heterocycles. The van der Waals surface area contributed by atoms with Crippen molar-refractivity contribution < 1.29 is 9.53 Å². The Morgan fingerprint density at radius 3 is 2.60 bits per heavy atom. The van der Waals surface area contributed by atoms with Gasteiger partial charge in [-0.3, -0.25) is 4.79 Å². The van der Waals surface area contributed by atoms with Crippen molar-refractivity contribution in [1.82, 2.24) is 9.97 Å². The van der Waals surface area contributed by atoms with Crippen LogP contribution >= 0.6 is 0 Å². The van der Waals surface area contributed by atoms with E-state index in [0.717, 1.165) is 57.6 Å². The third kappa shape index (κ3) is 3.60. The average molecular weight is 397 g/mol. The molecule has 3 aromatic carbocycles. The Hall–Kier alpha value is -3.44. The number of benzene rings is 3. The number of nitrogens with zero attached hydrogens (tertiary/aromatic N) is 1. The molecule has 30 heavy (non-hydrogen) atoms. The second-order valence-corrected chi connectivity index (χ2v) is 7.71. The first kappa shape index (κ1) is 18.6. The van der Waals surface area contributed by atoms with Crippen LogP contribution in [0.2, 0.25) is 0 Å². The maximum Gasteiger partial charge on any atom is 0.253 e. The van der Waals surface area contributed by atoms with Crippen LogP contribution in [0.5, 0.6) is 0 Å². The number of carbonyl (C=O) groups is 1. The Morgan fingerprint density at radius 2 is 1.83 bits per heavy atom. The molecule has 0 aliphatic carbocycles. The molecule has 1 aliphatic rings. The van der Waals surface area contributed by atoms with Gasteiger partial charge in [-0.05, 0) is 60.7 Å². The molecular formula is C25H23N3O2. The van der Waals surface area contributed by atoms with Gasteiger partial charge in [0.2, 0.25) is 0 Å². The van der Waals surface area contributed by atoms with Crippen LogP contribution in [0.4, 0.5) is 5.69 Å². The number of hydrogen-bond donors (Lipinski definition) is 2. The van der Waals surface area contributed by atoms with Crippen molar-refractivity contribution in [2.24, 2.45) is 0 Å². The minimum absolute atomic E-state index is 0.0672. The molecule has 1 unspecified atom stereocenters. The standard InChI is InChI=1S/C25H23N3O2/c1-16-5-2-8-21-23(16)28-24(27-21)19-7-3-6-18(15-19)17-10-12-20(13-11-17)26-25(29)22-9-4-14-30-22/h2-3,5-8,10-13,15,22H,4,9,14H2,1H3,(H,26,29)(H,27,28). The van der Waals surface area contributed by atoms with Crippen molar-refractivity contribution >= 4 is 22.6 Å². The van der Waals surface area contributed by atoms with Crippen molar-refractivity contribution in [2.75, 3.05) is 11.9 Å². The van der Waals surface area contributed by atoms with Gasteiger partial charge < -0.3 is 15.0 Å². The molecule has 1 amide bonds. The van der Waals surface area contributed by atoms with E-state index in [0.29, 0.717) is 6.61 Å². The second kappa shape index (κ2) is 7.76. The van der Waals surface area contributed by atoms with Crippen molar-refractivity contribution in [1.29, 1.82) is 0 Å². The smallest absolute Gasteiger partial charge is 0.253 e. The molecule has 1 aliphatic heterocycles. The van der Waals surface area contributed by atoms with E-state index >= 15 is 0 Å². The number of nitrogens with one attached hydrogen (secondary N) is 2. The van der Waals surface area contributed by atoms with E-state index in [-0.39, 0.29) is 12.0 Å². The van der Waals surface area contributed by atoms with Gasteiger partial charge in [0, 0.05) is 17.9 Å². The van der Waals surface area contributed by atoms with E-state index in [2.05, 4.69) is 41.5 Å². The fourth-order valence-electron chi connectivity index (χ4n) is 3.91. The monoisotopic (exact) mass is 397 g/mol. The number of rotatable bonds is 4. The molecule has 0 saturated carbocycles. The van der Waals surface area contributed by atoms with E-state index in [1.54, 1.807) is 0 Å². The third-order valence-electron chi connectivity index (χ3n) is 5.56. The number of anilines is 1. The quantitative estimate of drug-likeness (QED) is 0.490. The van der Waals surface area contributed by atoms with Crippen LogP contribution in [-0.2, 0) is 9.53 Å². The highest BCUT2D eigenvalue weighted by molar-refractivity contribution is 5.94. The van der Waals surface area contributed by atoms with Crippen LogP contribution in [0.1, 0.15) is 18.4 Å². The molecule has 0 bridgehead atoms. The zero-order valence-corrected chi connectivity index (χ0v) is 16.8. The lowest BCUT2D eigenvalue weighted by Crippen LogP contribution is -2.26. The van der Waals surface area contributed by atoms with Gasteiger partial charge >= 0.3 is 0 Å². The lowest BCUT2D eigenvalue weighted by molar-refractivity contribution is -0.124. The first-order valence-corrected chi connectivity index (χ1v) is 10.3. The maximum atomic E-state index is 12.2. The third-order valence-corrected chi connectivity index (χ3v) is 5.56. The summed E-state index contributed by atoms with van der Waals surface area (Å²) < 4.78 is 5.44. The highest BCUT2D eigenvalue weighted by atomic mass is 16.5. The number of aryl methyl sites for hydroxylation is 1. The molecule has 1 aromatic heterocycles. The molecule has 5 nitrogen and oxygen atoms in total. The van der Waals surface area contributed by atoms with Crippen molar-refractivity contribution in [2.45, 2.75) is 25.9 Å². The van der Waals surface area contributed by atoms with Gasteiger partial charge in [0.25, 0.3) is 5.91 Å². The van der Waals surface area contributed by atoms with Gasteiger partial charge in [-0.25, -0.2) is 4.98 Å². The van der Waals surface area contributed by atoms with Gasteiger partial charge in [0.1, 0.15) is 11.9 Å². The molecule has 1 atom stereocenters. The fraction of sp³-hybridized carbons (Fsp3) is 0.200. The van der Waals surface area contributed by atoms with Crippen LogP contribution in [0.25, 0.3) is 33.5 Å². The first-order valence-electron chi connectivity index (χ1n) is 10.3. The Labute approximate surface area is 175 Å². The predicted octanol–water partition coefficient (Wildman–Crippen LogP) is 5.32. The summed E-state index contributed by atoms with van der Waals surface area (Å²) in [6.07, 6.45) is 1.41. The highest BCUT2D eigenvalue weighted by Crippen LogP contribution is 2.28. The van der Waals surface area contributed by atoms with Crippen LogP contribution in [0, 0.1) is 6.92 Å². The number of hydrogen-bond acceptors (Lipinski definition) is 3. The van der Waals surface area contributed by atoms with E-state index < -0.39 is 0 Å². The molecule has 4 aromatic rings. The number of aromatic amines is 1. The van der Waals surface area contributed by atoms with Crippen LogP contribution < -0.4 is 5.32 Å². The zero-order chi connectivity index (χ0) is 20.5. The molecule has 0 spiro atoms. The van der Waals surface area contributed by atoms with Crippen LogP contribution in [0.3, 0.4) is 0 Å². The van der Waals surface area contributed by atoms with E-state index in [9.17, 15) is 4.79 Å². The summed E-state index contributed by atoms with van der Waals surface area (Å²) in [6.45, 7) is 2.74. The Balaban J connectivity index is 1.38. The van der Waals surface area contributed by atoms with Gasteiger partial charge in [0.05, 0.1) is 11.0 Å². The van der Waals surface area contributed by atoms with E-state index in [1.165, 1.54) is 0 Å². The molecule has 5 heteroatoms. The average Bonchev–Trinajstić information content (AvgIpc) is 3.45. The van der Waals surface area contributed by atoms with Gasteiger partial charge in [0.15, 0.2) is 0 Å². The molecule has 5 rings (SSSR count). The molecule has 150 valence electrons. The number of imidazole rings is 1. The summed E-state index contributed by atoms with van der Waals surface area (Å²) in [5, 5.41) is 2.94. The van der Waals surface area contributed by atoms with Crippen LogP contribution in [0.15, 0.2) is 66.7 Å². The van der Waals surface area contributed by atoms with Gasteiger partial charge in [-0.15, -0.1) is 0 Å². The lowest BCUT2D eigenvalue weighted by Gasteiger charge is -2.11. The maximum absolute atomic E-state index is 12.2. The number of amides is 1. The minimum atomic E-state index is -0.325. The summed E-state index contributed by atoms with van der Waals surface area (Å²) >= 11 is 0. The molecule has 1 fully saturated rings. The number of para-hydroxylation sites is 1. The summed E-state index contributed by atoms with van der Waals surface area (Å²) in [4.78, 5) is 20.4.